The number of amides is 1. The Kier molecular flexibility index (Phi) is 5.39. The zero-order valence-corrected chi connectivity index (χ0v) is 16.2. The van der Waals surface area contributed by atoms with Gasteiger partial charge in [0, 0.05) is 28.7 Å². The second-order valence-electron chi connectivity index (χ2n) is 7.12. The summed E-state index contributed by atoms with van der Waals surface area (Å²) in [5.74, 6) is 0. The number of carbonyl (C=O) groups is 1. The molecular formula is C18H22ClN3O2S. The highest BCUT2D eigenvalue weighted by Gasteiger charge is 2.27. The largest absolute Gasteiger partial charge is 0.444 e. The summed E-state index contributed by atoms with van der Waals surface area (Å²) < 4.78 is 5.45. The Morgan fingerprint density at radius 3 is 2.68 bits per heavy atom. The number of thioether (sulfide) groups is 1. The molecule has 1 saturated heterocycles. The van der Waals surface area contributed by atoms with E-state index in [-0.39, 0.29) is 6.09 Å². The van der Waals surface area contributed by atoms with Gasteiger partial charge < -0.3 is 9.64 Å². The Balaban J connectivity index is 1.63. The van der Waals surface area contributed by atoms with E-state index in [4.69, 9.17) is 16.3 Å². The van der Waals surface area contributed by atoms with Crippen LogP contribution >= 0.6 is 23.4 Å². The Morgan fingerprint density at radius 2 is 2.00 bits per heavy atom. The molecule has 0 radical (unpaired) electrons. The van der Waals surface area contributed by atoms with Crippen LogP contribution in [-0.2, 0) is 4.74 Å². The Hall–Kier alpha value is -1.53. The van der Waals surface area contributed by atoms with Gasteiger partial charge in [0.2, 0.25) is 0 Å². The normalized spacial score (nSPS) is 16.2. The smallest absolute Gasteiger partial charge is 0.410 e. The summed E-state index contributed by atoms with van der Waals surface area (Å²) in [4.78, 5) is 22.7. The van der Waals surface area contributed by atoms with Crippen LogP contribution in [0.15, 0.2) is 29.6 Å². The maximum Gasteiger partial charge on any atom is 0.410 e. The van der Waals surface area contributed by atoms with Gasteiger partial charge in [-0.2, -0.15) is 0 Å². The third-order valence-corrected chi connectivity index (χ3v) is 5.52. The van der Waals surface area contributed by atoms with Crippen LogP contribution in [0, 0.1) is 0 Å². The van der Waals surface area contributed by atoms with Gasteiger partial charge in [-0.05, 0) is 51.8 Å². The first-order valence-electron chi connectivity index (χ1n) is 8.37. The molecule has 1 fully saturated rings. The molecule has 0 aliphatic carbocycles. The number of hydrogen-bond donors (Lipinski definition) is 0. The van der Waals surface area contributed by atoms with Gasteiger partial charge in [-0.25, -0.2) is 14.8 Å². The van der Waals surface area contributed by atoms with Crippen LogP contribution in [0.2, 0.25) is 5.02 Å². The fourth-order valence-electron chi connectivity index (χ4n) is 2.74. The lowest BCUT2D eigenvalue weighted by Gasteiger charge is -2.33. The SMILES string of the molecule is CC(C)(C)OC(=O)N1CCC(Sc2ncnc3ccc(Cl)cc23)CC1. The first-order valence-corrected chi connectivity index (χ1v) is 9.62. The highest BCUT2D eigenvalue weighted by molar-refractivity contribution is 8.00. The van der Waals surface area contributed by atoms with Gasteiger partial charge >= 0.3 is 6.09 Å². The second-order valence-corrected chi connectivity index (χ2v) is 8.85. The summed E-state index contributed by atoms with van der Waals surface area (Å²) >= 11 is 7.86. The summed E-state index contributed by atoms with van der Waals surface area (Å²) in [6.07, 6.45) is 3.19. The van der Waals surface area contributed by atoms with Crippen LogP contribution in [0.5, 0.6) is 0 Å². The molecule has 0 N–H and O–H groups in total. The lowest BCUT2D eigenvalue weighted by Crippen LogP contribution is -2.42. The third-order valence-electron chi connectivity index (χ3n) is 3.93. The molecule has 0 unspecified atom stereocenters. The number of piperidine rings is 1. The van der Waals surface area contributed by atoms with Crippen molar-refractivity contribution in [1.82, 2.24) is 14.9 Å². The standard InChI is InChI=1S/C18H22ClN3O2S/c1-18(2,3)24-17(23)22-8-6-13(7-9-22)25-16-14-10-12(19)4-5-15(14)20-11-21-16/h4-5,10-11,13H,6-9H2,1-3H3. The van der Waals surface area contributed by atoms with Gasteiger partial charge in [0.05, 0.1) is 5.52 Å². The van der Waals surface area contributed by atoms with Crippen LogP contribution in [0.1, 0.15) is 33.6 Å². The Labute approximate surface area is 157 Å². The van der Waals surface area contributed by atoms with E-state index in [9.17, 15) is 4.79 Å². The van der Waals surface area contributed by atoms with Crippen LogP contribution in [0.3, 0.4) is 0 Å². The number of rotatable bonds is 2. The molecular weight excluding hydrogens is 358 g/mol. The van der Waals surface area contributed by atoms with Crippen molar-refractivity contribution in [2.45, 2.75) is 49.5 Å². The molecule has 0 atom stereocenters. The van der Waals surface area contributed by atoms with Gasteiger partial charge in [-0.1, -0.05) is 11.6 Å². The number of halogens is 1. The summed E-state index contributed by atoms with van der Waals surface area (Å²) in [6.45, 7) is 7.07. The molecule has 25 heavy (non-hydrogen) atoms. The molecule has 3 rings (SSSR count). The van der Waals surface area contributed by atoms with Crippen molar-refractivity contribution >= 4 is 40.4 Å². The van der Waals surface area contributed by atoms with Gasteiger partial charge in [0.1, 0.15) is 17.0 Å². The maximum absolute atomic E-state index is 12.2. The fraction of sp³-hybridized carbons (Fsp3) is 0.500. The minimum atomic E-state index is -0.457. The predicted octanol–water partition coefficient (Wildman–Crippen LogP) is 4.77. The zero-order valence-electron chi connectivity index (χ0n) is 14.7. The minimum Gasteiger partial charge on any atom is -0.444 e. The van der Waals surface area contributed by atoms with Crippen molar-refractivity contribution < 1.29 is 9.53 Å². The monoisotopic (exact) mass is 379 g/mol. The number of aromatic nitrogens is 2. The van der Waals surface area contributed by atoms with Gasteiger partial charge in [-0.3, -0.25) is 0 Å². The predicted molar refractivity (Wildman–Crippen MR) is 101 cm³/mol. The number of carbonyl (C=O) groups excluding carboxylic acids is 1. The number of hydrogen-bond acceptors (Lipinski definition) is 5. The Bertz CT molecular complexity index is 770. The molecule has 5 nitrogen and oxygen atoms in total. The molecule has 1 aliphatic rings. The van der Waals surface area contributed by atoms with Crippen LogP contribution < -0.4 is 0 Å². The van der Waals surface area contributed by atoms with E-state index in [0.717, 1.165) is 28.8 Å². The number of fused-ring (bicyclic) bond motifs is 1. The summed E-state index contributed by atoms with van der Waals surface area (Å²) in [6, 6.07) is 5.66. The van der Waals surface area contributed by atoms with E-state index >= 15 is 0 Å². The maximum atomic E-state index is 12.2. The average Bonchev–Trinajstić information content (AvgIpc) is 2.54. The van der Waals surface area contributed by atoms with E-state index in [1.54, 1.807) is 23.0 Å². The minimum absolute atomic E-state index is 0.227. The van der Waals surface area contributed by atoms with E-state index in [1.165, 1.54) is 0 Å². The number of likely N-dealkylation sites (tertiary alicyclic amines) is 1. The van der Waals surface area contributed by atoms with E-state index in [2.05, 4.69) is 9.97 Å². The van der Waals surface area contributed by atoms with Gasteiger partial charge in [0.15, 0.2) is 0 Å². The molecule has 1 aliphatic heterocycles. The summed E-state index contributed by atoms with van der Waals surface area (Å²) in [5, 5.41) is 3.03. The molecule has 134 valence electrons. The topological polar surface area (TPSA) is 55.3 Å². The second kappa shape index (κ2) is 7.38. The molecule has 0 saturated carbocycles. The van der Waals surface area contributed by atoms with E-state index in [0.29, 0.717) is 23.4 Å². The summed E-state index contributed by atoms with van der Waals surface area (Å²) in [5.41, 5.74) is 0.440. The Morgan fingerprint density at radius 1 is 1.28 bits per heavy atom. The molecule has 0 spiro atoms. The van der Waals surface area contributed by atoms with Gasteiger partial charge in [-0.15, -0.1) is 11.8 Å². The lowest BCUT2D eigenvalue weighted by atomic mass is 10.1. The number of benzene rings is 1. The van der Waals surface area contributed by atoms with E-state index < -0.39 is 5.60 Å². The van der Waals surface area contributed by atoms with Crippen LogP contribution in [0.4, 0.5) is 4.79 Å². The number of ether oxygens (including phenoxy) is 1. The zero-order chi connectivity index (χ0) is 18.0. The number of nitrogens with zero attached hydrogens (tertiary/aromatic N) is 3. The quantitative estimate of drug-likeness (QED) is 0.703. The molecule has 2 heterocycles. The summed E-state index contributed by atoms with van der Waals surface area (Å²) in [7, 11) is 0. The molecule has 1 aromatic heterocycles. The highest BCUT2D eigenvalue weighted by atomic mass is 35.5. The van der Waals surface area contributed by atoms with Gasteiger partial charge in [0.25, 0.3) is 0 Å². The third kappa shape index (κ3) is 4.76. The lowest BCUT2D eigenvalue weighted by molar-refractivity contribution is 0.0219. The van der Waals surface area contributed by atoms with Crippen molar-refractivity contribution in [1.29, 1.82) is 0 Å². The van der Waals surface area contributed by atoms with Crippen molar-refractivity contribution in [3.63, 3.8) is 0 Å². The molecule has 0 bridgehead atoms. The average molecular weight is 380 g/mol. The van der Waals surface area contributed by atoms with Crippen molar-refractivity contribution in [3.8, 4) is 0 Å². The first-order chi connectivity index (χ1) is 11.8. The van der Waals surface area contributed by atoms with Crippen molar-refractivity contribution in [3.05, 3.63) is 29.5 Å². The molecule has 1 aromatic carbocycles. The fourth-order valence-corrected chi connectivity index (χ4v) is 4.07. The van der Waals surface area contributed by atoms with Crippen LogP contribution in [-0.4, -0.2) is 44.9 Å². The van der Waals surface area contributed by atoms with Crippen molar-refractivity contribution in [2.75, 3.05) is 13.1 Å². The molecule has 2 aromatic rings. The van der Waals surface area contributed by atoms with Crippen molar-refractivity contribution in [2.24, 2.45) is 0 Å². The highest BCUT2D eigenvalue weighted by Crippen LogP contribution is 2.34. The molecule has 7 heteroatoms. The van der Waals surface area contributed by atoms with E-state index in [1.807, 2.05) is 39.0 Å². The molecule has 1 amide bonds. The van der Waals surface area contributed by atoms with Crippen LogP contribution in [0.25, 0.3) is 10.9 Å². The first kappa shape index (κ1) is 18.3.